The van der Waals surface area contributed by atoms with Crippen molar-refractivity contribution < 1.29 is 0 Å². The van der Waals surface area contributed by atoms with Crippen molar-refractivity contribution in [2.75, 3.05) is 6.54 Å². The first-order valence-corrected chi connectivity index (χ1v) is 3.75. The van der Waals surface area contributed by atoms with E-state index in [4.69, 9.17) is 5.73 Å². The van der Waals surface area contributed by atoms with E-state index in [1.807, 2.05) is 13.2 Å². The van der Waals surface area contributed by atoms with Crippen LogP contribution >= 0.6 is 0 Å². The molecule has 0 saturated heterocycles. The molecule has 2 heterocycles. The monoisotopic (exact) mass is 162 g/mol. The lowest BCUT2D eigenvalue weighted by Gasteiger charge is -1.94. The zero-order valence-electron chi connectivity index (χ0n) is 6.86. The van der Waals surface area contributed by atoms with Crippen LogP contribution in [0.25, 0.3) is 5.57 Å². The molecular weight excluding hydrogens is 152 g/mol. The molecule has 2 N–H and O–H groups in total. The summed E-state index contributed by atoms with van der Waals surface area (Å²) in [4.78, 5) is 4.07. The van der Waals surface area contributed by atoms with E-state index in [9.17, 15) is 0 Å². The number of aromatic nitrogens is 2. The van der Waals surface area contributed by atoms with Crippen molar-refractivity contribution >= 4 is 11.8 Å². The Balaban J connectivity index is 2.43. The lowest BCUT2D eigenvalue weighted by atomic mass is 10.1. The van der Waals surface area contributed by atoms with Gasteiger partial charge >= 0.3 is 0 Å². The Morgan fingerprint density at radius 1 is 1.58 bits per heavy atom. The largest absolute Gasteiger partial charge is 0.400 e. The summed E-state index contributed by atoms with van der Waals surface area (Å²) in [5, 5.41) is 4.06. The predicted octanol–water partition coefficient (Wildman–Crippen LogP) is 0.174. The van der Waals surface area contributed by atoms with Crippen LogP contribution in [0.3, 0.4) is 0 Å². The van der Waals surface area contributed by atoms with Crippen molar-refractivity contribution in [3.05, 3.63) is 23.7 Å². The van der Waals surface area contributed by atoms with Crippen molar-refractivity contribution in [3.8, 4) is 0 Å². The molecule has 0 saturated carbocycles. The molecule has 2 rings (SSSR count). The summed E-state index contributed by atoms with van der Waals surface area (Å²) in [7, 11) is 1.88. The van der Waals surface area contributed by atoms with Gasteiger partial charge in [0.05, 0.1) is 12.7 Å². The second-order valence-corrected chi connectivity index (χ2v) is 2.81. The maximum Gasteiger partial charge on any atom is 0.0791 e. The second kappa shape index (κ2) is 2.48. The summed E-state index contributed by atoms with van der Waals surface area (Å²) in [6.45, 7) is 0.615. The number of hydrogen-bond donors (Lipinski definition) is 1. The zero-order valence-corrected chi connectivity index (χ0v) is 6.86. The van der Waals surface area contributed by atoms with Crippen molar-refractivity contribution in [1.29, 1.82) is 0 Å². The zero-order chi connectivity index (χ0) is 8.55. The van der Waals surface area contributed by atoms with Crippen LogP contribution in [-0.4, -0.2) is 22.5 Å². The van der Waals surface area contributed by atoms with Gasteiger partial charge in [-0.3, -0.25) is 9.67 Å². The van der Waals surface area contributed by atoms with E-state index in [0.717, 1.165) is 16.8 Å². The first-order chi connectivity index (χ1) is 5.77. The highest BCUT2D eigenvalue weighted by Gasteiger charge is 2.10. The van der Waals surface area contributed by atoms with Gasteiger partial charge in [0.2, 0.25) is 0 Å². The van der Waals surface area contributed by atoms with Gasteiger partial charge in [-0.1, -0.05) is 0 Å². The molecule has 1 aromatic rings. The Morgan fingerprint density at radius 3 is 2.92 bits per heavy atom. The van der Waals surface area contributed by atoms with Gasteiger partial charge in [0.25, 0.3) is 0 Å². The molecule has 1 aromatic heterocycles. The summed E-state index contributed by atoms with van der Waals surface area (Å²) in [5.74, 6) is 0. The molecule has 4 heteroatoms. The fourth-order valence-corrected chi connectivity index (χ4v) is 1.22. The highest BCUT2D eigenvalue weighted by atomic mass is 15.2. The van der Waals surface area contributed by atoms with Crippen molar-refractivity contribution in [2.24, 2.45) is 17.8 Å². The maximum atomic E-state index is 5.74. The minimum absolute atomic E-state index is 0.615. The third-order valence-electron chi connectivity index (χ3n) is 1.84. The Kier molecular flexibility index (Phi) is 1.46. The number of nitrogens with two attached hydrogens (primary N) is 1. The molecule has 0 radical (unpaired) electrons. The highest BCUT2D eigenvalue weighted by Crippen LogP contribution is 2.17. The lowest BCUT2D eigenvalue weighted by Crippen LogP contribution is -2.00. The van der Waals surface area contributed by atoms with Gasteiger partial charge in [0.1, 0.15) is 0 Å². The Morgan fingerprint density at radius 2 is 2.42 bits per heavy atom. The molecule has 0 amide bonds. The lowest BCUT2D eigenvalue weighted by molar-refractivity contribution is 0.767. The van der Waals surface area contributed by atoms with Gasteiger partial charge in [0, 0.05) is 36.3 Å². The summed E-state index contributed by atoms with van der Waals surface area (Å²) in [6.07, 6.45) is 5.52. The Bertz CT molecular complexity index is 359. The summed E-state index contributed by atoms with van der Waals surface area (Å²) in [6, 6.07) is 0. The molecule has 1 aliphatic heterocycles. The summed E-state index contributed by atoms with van der Waals surface area (Å²) in [5.41, 5.74) is 8.60. The molecule has 1 aliphatic rings. The molecule has 0 aromatic carbocycles. The molecular formula is C8H10N4. The van der Waals surface area contributed by atoms with Gasteiger partial charge < -0.3 is 5.73 Å². The normalized spacial score (nSPS) is 16.1. The standard InChI is InChI=1S/C8H10N4/c1-12-5-6(2-11-12)7-3-10-4-8(7)9/h2-3,5H,4,9H2,1H3. The SMILES string of the molecule is Cn1cc(C2=C(N)CN=C2)cn1. The topological polar surface area (TPSA) is 56.2 Å². The van der Waals surface area contributed by atoms with Crippen molar-refractivity contribution in [3.63, 3.8) is 0 Å². The predicted molar refractivity (Wildman–Crippen MR) is 47.7 cm³/mol. The molecule has 0 spiro atoms. The molecule has 0 unspecified atom stereocenters. The quantitative estimate of drug-likeness (QED) is 0.640. The fraction of sp³-hybridized carbons (Fsp3) is 0.250. The molecule has 0 aliphatic carbocycles. The van der Waals surface area contributed by atoms with Crippen LogP contribution in [0.1, 0.15) is 5.56 Å². The minimum Gasteiger partial charge on any atom is -0.400 e. The average Bonchev–Trinajstić information content (AvgIpc) is 2.58. The number of aryl methyl sites for hydroxylation is 1. The molecule has 0 bridgehead atoms. The van der Waals surface area contributed by atoms with Crippen LogP contribution in [0.2, 0.25) is 0 Å². The van der Waals surface area contributed by atoms with Crippen LogP contribution in [0.5, 0.6) is 0 Å². The fourth-order valence-electron chi connectivity index (χ4n) is 1.22. The van der Waals surface area contributed by atoms with E-state index in [-0.39, 0.29) is 0 Å². The van der Waals surface area contributed by atoms with Crippen LogP contribution in [0.15, 0.2) is 23.1 Å². The number of allylic oxidation sites excluding steroid dienone is 1. The van der Waals surface area contributed by atoms with Gasteiger partial charge in [-0.15, -0.1) is 0 Å². The van der Waals surface area contributed by atoms with Crippen molar-refractivity contribution in [1.82, 2.24) is 9.78 Å². The van der Waals surface area contributed by atoms with Crippen LogP contribution in [0.4, 0.5) is 0 Å². The average molecular weight is 162 g/mol. The molecule has 0 atom stereocenters. The van der Waals surface area contributed by atoms with E-state index < -0.39 is 0 Å². The molecule has 62 valence electrons. The first kappa shape index (κ1) is 7.09. The molecule has 12 heavy (non-hydrogen) atoms. The van der Waals surface area contributed by atoms with Gasteiger partial charge in [-0.25, -0.2) is 0 Å². The van der Waals surface area contributed by atoms with Gasteiger partial charge in [-0.05, 0) is 0 Å². The van der Waals surface area contributed by atoms with E-state index in [2.05, 4.69) is 10.1 Å². The smallest absolute Gasteiger partial charge is 0.0791 e. The van der Waals surface area contributed by atoms with Crippen molar-refractivity contribution in [2.45, 2.75) is 0 Å². The number of nitrogens with zero attached hydrogens (tertiary/aromatic N) is 3. The van der Waals surface area contributed by atoms with Crippen LogP contribution < -0.4 is 5.73 Å². The number of hydrogen-bond acceptors (Lipinski definition) is 3. The van der Waals surface area contributed by atoms with E-state index in [0.29, 0.717) is 6.54 Å². The summed E-state index contributed by atoms with van der Waals surface area (Å²) < 4.78 is 1.75. The van der Waals surface area contributed by atoms with E-state index in [1.54, 1.807) is 17.1 Å². The van der Waals surface area contributed by atoms with Gasteiger partial charge in [-0.2, -0.15) is 5.10 Å². The van der Waals surface area contributed by atoms with E-state index in [1.165, 1.54) is 0 Å². The van der Waals surface area contributed by atoms with Crippen LogP contribution in [0, 0.1) is 0 Å². The number of aliphatic imine (C=N–C) groups is 1. The van der Waals surface area contributed by atoms with Gasteiger partial charge in [0.15, 0.2) is 0 Å². The highest BCUT2D eigenvalue weighted by molar-refractivity contribution is 6.12. The first-order valence-electron chi connectivity index (χ1n) is 3.75. The Hall–Kier alpha value is -1.58. The third-order valence-corrected chi connectivity index (χ3v) is 1.84. The molecule has 4 nitrogen and oxygen atoms in total. The van der Waals surface area contributed by atoms with Crippen LogP contribution in [-0.2, 0) is 7.05 Å². The van der Waals surface area contributed by atoms with E-state index >= 15 is 0 Å². The maximum absolute atomic E-state index is 5.74. The summed E-state index contributed by atoms with van der Waals surface area (Å²) >= 11 is 0. The third kappa shape index (κ3) is 1.01. The second-order valence-electron chi connectivity index (χ2n) is 2.81. The number of rotatable bonds is 1. The minimum atomic E-state index is 0.615. The molecule has 0 fully saturated rings. The Labute approximate surface area is 70.4 Å².